The second-order valence-electron chi connectivity index (χ2n) is 4.57. The van der Waals surface area contributed by atoms with Crippen LogP contribution in [0.2, 0.25) is 0 Å². The van der Waals surface area contributed by atoms with Crippen molar-refractivity contribution in [1.82, 2.24) is 4.72 Å². The van der Waals surface area contributed by atoms with Crippen molar-refractivity contribution in [3.63, 3.8) is 0 Å². The lowest BCUT2D eigenvalue weighted by atomic mass is 9.97. The maximum Gasteiger partial charge on any atom is 0.243 e. The summed E-state index contributed by atoms with van der Waals surface area (Å²) in [4.78, 5) is -0.629. The minimum Gasteiger partial charge on any atom is -0.391 e. The molecule has 0 aliphatic carbocycles. The fourth-order valence-corrected chi connectivity index (χ4v) is 3.07. The van der Waals surface area contributed by atoms with Gasteiger partial charge in [0.05, 0.1) is 6.10 Å². The summed E-state index contributed by atoms with van der Waals surface area (Å²) in [5.41, 5.74) is 0. The summed E-state index contributed by atoms with van der Waals surface area (Å²) in [7, 11) is -4.10. The average molecular weight is 307 g/mol. The minimum atomic E-state index is -4.10. The summed E-state index contributed by atoms with van der Waals surface area (Å²) < 4.78 is 52.1. The Hall–Kier alpha value is -1.05. The fraction of sp³-hybridized carbons (Fsp3) is 0.538. The van der Waals surface area contributed by atoms with Gasteiger partial charge in [-0.2, -0.15) is 0 Å². The Morgan fingerprint density at radius 1 is 1.25 bits per heavy atom. The summed E-state index contributed by atoms with van der Waals surface area (Å²) in [6.45, 7) is 3.59. The van der Waals surface area contributed by atoms with Crippen LogP contribution in [0.25, 0.3) is 0 Å². The summed E-state index contributed by atoms with van der Waals surface area (Å²) in [5.74, 6) is -2.04. The number of halogens is 2. The first kappa shape index (κ1) is 17.0. The van der Waals surface area contributed by atoms with Crippen LogP contribution in [0.1, 0.15) is 26.7 Å². The molecule has 1 unspecified atom stereocenters. The Morgan fingerprint density at radius 2 is 1.85 bits per heavy atom. The summed E-state index contributed by atoms with van der Waals surface area (Å²) in [5, 5.41) is 9.85. The molecule has 114 valence electrons. The van der Waals surface area contributed by atoms with Crippen LogP contribution in [-0.4, -0.2) is 26.2 Å². The Kier molecular flexibility index (Phi) is 6.04. The molecule has 0 amide bonds. The molecule has 0 spiro atoms. The molecule has 0 heterocycles. The first-order valence-electron chi connectivity index (χ1n) is 6.44. The molecule has 4 nitrogen and oxygen atoms in total. The normalized spacial score (nSPS) is 13.7. The van der Waals surface area contributed by atoms with Gasteiger partial charge in [0.2, 0.25) is 10.0 Å². The van der Waals surface area contributed by atoms with Crippen LogP contribution in [0.5, 0.6) is 0 Å². The Bertz CT molecular complexity index is 545. The van der Waals surface area contributed by atoms with Gasteiger partial charge in [0.25, 0.3) is 0 Å². The van der Waals surface area contributed by atoms with E-state index >= 15 is 0 Å². The van der Waals surface area contributed by atoms with Gasteiger partial charge in [0, 0.05) is 12.6 Å². The van der Waals surface area contributed by atoms with Gasteiger partial charge in [-0.15, -0.1) is 0 Å². The second kappa shape index (κ2) is 7.10. The van der Waals surface area contributed by atoms with Crippen LogP contribution >= 0.6 is 0 Å². The lowest BCUT2D eigenvalue weighted by molar-refractivity contribution is 0.107. The van der Waals surface area contributed by atoms with Gasteiger partial charge < -0.3 is 5.11 Å². The van der Waals surface area contributed by atoms with Gasteiger partial charge in [-0.05, 0) is 18.1 Å². The maximum atomic E-state index is 13.4. The third kappa shape index (κ3) is 4.22. The smallest absolute Gasteiger partial charge is 0.243 e. The van der Waals surface area contributed by atoms with Gasteiger partial charge in [-0.3, -0.25) is 0 Å². The molecule has 7 heteroatoms. The van der Waals surface area contributed by atoms with Crippen LogP contribution in [0.3, 0.4) is 0 Å². The molecule has 0 radical (unpaired) electrons. The van der Waals surface area contributed by atoms with Crippen LogP contribution in [0, 0.1) is 17.6 Å². The maximum absolute atomic E-state index is 13.4. The Morgan fingerprint density at radius 3 is 2.35 bits per heavy atom. The van der Waals surface area contributed by atoms with E-state index in [1.54, 1.807) is 0 Å². The third-order valence-electron chi connectivity index (χ3n) is 3.26. The van der Waals surface area contributed by atoms with Gasteiger partial charge in [-0.25, -0.2) is 21.9 Å². The molecule has 0 aliphatic heterocycles. The zero-order valence-electron chi connectivity index (χ0n) is 11.4. The topological polar surface area (TPSA) is 66.4 Å². The van der Waals surface area contributed by atoms with E-state index in [9.17, 15) is 22.3 Å². The van der Waals surface area contributed by atoms with Crippen molar-refractivity contribution >= 4 is 10.0 Å². The highest BCUT2D eigenvalue weighted by Gasteiger charge is 2.22. The molecule has 1 aromatic rings. The van der Waals surface area contributed by atoms with Crippen LogP contribution in [0.4, 0.5) is 8.78 Å². The van der Waals surface area contributed by atoms with Gasteiger partial charge in [0.15, 0.2) is 0 Å². The van der Waals surface area contributed by atoms with Gasteiger partial charge in [0.1, 0.15) is 16.5 Å². The molecule has 0 saturated carbocycles. The number of aliphatic hydroxyl groups is 1. The standard InChI is InChI=1S/C13H19F2NO3S/c1-3-9(4-2)12(17)8-16-20(18,19)13-6-5-10(14)7-11(13)15/h5-7,9,12,16-17H,3-4,8H2,1-2H3. The van der Waals surface area contributed by atoms with Crippen molar-refractivity contribution in [2.24, 2.45) is 5.92 Å². The van der Waals surface area contributed by atoms with Gasteiger partial charge in [-0.1, -0.05) is 26.7 Å². The molecule has 20 heavy (non-hydrogen) atoms. The number of rotatable bonds is 7. The van der Waals surface area contributed by atoms with Crippen LogP contribution in [-0.2, 0) is 10.0 Å². The largest absolute Gasteiger partial charge is 0.391 e. The monoisotopic (exact) mass is 307 g/mol. The van der Waals surface area contributed by atoms with E-state index in [2.05, 4.69) is 4.72 Å². The Labute approximate surface area is 117 Å². The fourth-order valence-electron chi connectivity index (χ4n) is 1.97. The highest BCUT2D eigenvalue weighted by molar-refractivity contribution is 7.89. The molecular weight excluding hydrogens is 288 g/mol. The van der Waals surface area contributed by atoms with Crippen LogP contribution in [0.15, 0.2) is 23.1 Å². The molecule has 0 saturated heterocycles. The lowest BCUT2D eigenvalue weighted by Gasteiger charge is -2.20. The quantitative estimate of drug-likeness (QED) is 0.810. The van der Waals surface area contributed by atoms with E-state index in [4.69, 9.17) is 0 Å². The highest BCUT2D eigenvalue weighted by Crippen LogP contribution is 2.17. The molecule has 0 bridgehead atoms. The van der Waals surface area contributed by atoms with E-state index in [1.807, 2.05) is 13.8 Å². The van der Waals surface area contributed by atoms with Crippen LogP contribution < -0.4 is 4.72 Å². The van der Waals surface area contributed by atoms with E-state index in [1.165, 1.54) is 0 Å². The molecule has 2 N–H and O–H groups in total. The summed E-state index contributed by atoms with van der Waals surface area (Å²) in [6, 6.07) is 2.23. The first-order chi connectivity index (χ1) is 9.31. The van der Waals surface area contributed by atoms with Crippen molar-refractivity contribution in [2.45, 2.75) is 37.7 Å². The lowest BCUT2D eigenvalue weighted by Crippen LogP contribution is -2.36. The molecule has 1 rings (SSSR count). The van der Waals surface area contributed by atoms with Crippen molar-refractivity contribution in [3.05, 3.63) is 29.8 Å². The summed E-state index contributed by atoms with van der Waals surface area (Å²) >= 11 is 0. The second-order valence-corrected chi connectivity index (χ2v) is 6.31. The zero-order chi connectivity index (χ0) is 15.3. The van der Waals surface area contributed by atoms with E-state index in [0.717, 1.165) is 12.1 Å². The van der Waals surface area contributed by atoms with E-state index in [0.29, 0.717) is 18.9 Å². The SMILES string of the molecule is CCC(CC)C(O)CNS(=O)(=O)c1ccc(F)cc1F. The number of nitrogens with one attached hydrogen (secondary N) is 1. The highest BCUT2D eigenvalue weighted by atomic mass is 32.2. The van der Waals surface area contributed by atoms with Crippen molar-refractivity contribution < 1.29 is 22.3 Å². The zero-order valence-corrected chi connectivity index (χ0v) is 12.3. The molecule has 0 aromatic heterocycles. The molecule has 1 atom stereocenters. The Balaban J connectivity index is 2.80. The molecule has 0 aliphatic rings. The van der Waals surface area contributed by atoms with Crippen molar-refractivity contribution in [3.8, 4) is 0 Å². The van der Waals surface area contributed by atoms with Crippen molar-refractivity contribution in [1.29, 1.82) is 0 Å². The first-order valence-corrected chi connectivity index (χ1v) is 7.92. The minimum absolute atomic E-state index is 0.0317. The van der Waals surface area contributed by atoms with Crippen molar-refractivity contribution in [2.75, 3.05) is 6.54 Å². The van der Waals surface area contributed by atoms with E-state index < -0.39 is 32.7 Å². The number of benzene rings is 1. The summed E-state index contributed by atoms with van der Waals surface area (Å²) in [6.07, 6.45) is 0.581. The number of hydrogen-bond donors (Lipinski definition) is 2. The van der Waals surface area contributed by atoms with Gasteiger partial charge >= 0.3 is 0 Å². The average Bonchev–Trinajstić information content (AvgIpc) is 2.37. The number of aliphatic hydroxyl groups excluding tert-OH is 1. The predicted molar refractivity (Wildman–Crippen MR) is 71.6 cm³/mol. The molecular formula is C13H19F2NO3S. The number of hydrogen-bond acceptors (Lipinski definition) is 3. The number of sulfonamides is 1. The predicted octanol–water partition coefficient (Wildman–Crippen LogP) is 2.04. The molecule has 1 aromatic carbocycles. The molecule has 0 fully saturated rings. The third-order valence-corrected chi connectivity index (χ3v) is 4.72. The van der Waals surface area contributed by atoms with E-state index in [-0.39, 0.29) is 12.5 Å².